The van der Waals surface area contributed by atoms with Crippen LogP contribution in [0.4, 0.5) is 0 Å². The van der Waals surface area contributed by atoms with Crippen molar-refractivity contribution in [3.05, 3.63) is 29.8 Å². The average molecular weight is 277 g/mol. The van der Waals surface area contributed by atoms with Gasteiger partial charge in [-0.3, -0.25) is 0 Å². The van der Waals surface area contributed by atoms with Crippen LogP contribution in [0.15, 0.2) is 24.3 Å². The fourth-order valence-electron chi connectivity index (χ4n) is 2.74. The van der Waals surface area contributed by atoms with Crippen LogP contribution in [0.5, 0.6) is 5.75 Å². The molecule has 0 saturated heterocycles. The standard InChI is InChI=1S/C17H27NO2/c1-19-17-10-5-7-15(13-17)14-20-12-6-11-18-16-8-3-2-4-9-16/h5,7,10,13,16,18H,2-4,6,8-9,11-12,14H2,1H3. The van der Waals surface area contributed by atoms with E-state index in [9.17, 15) is 0 Å². The van der Waals surface area contributed by atoms with Crippen molar-refractivity contribution in [3.63, 3.8) is 0 Å². The Morgan fingerprint density at radius 1 is 1.20 bits per heavy atom. The minimum atomic E-state index is 0.667. The van der Waals surface area contributed by atoms with Gasteiger partial charge in [0.15, 0.2) is 0 Å². The molecule has 20 heavy (non-hydrogen) atoms. The van der Waals surface area contributed by atoms with E-state index >= 15 is 0 Å². The highest BCUT2D eigenvalue weighted by atomic mass is 16.5. The Morgan fingerprint density at radius 2 is 2.05 bits per heavy atom. The van der Waals surface area contributed by atoms with Crippen molar-refractivity contribution in [2.45, 2.75) is 51.2 Å². The zero-order chi connectivity index (χ0) is 14.0. The van der Waals surface area contributed by atoms with Crippen LogP contribution >= 0.6 is 0 Å². The summed E-state index contributed by atoms with van der Waals surface area (Å²) in [5.74, 6) is 0.894. The van der Waals surface area contributed by atoms with Crippen LogP contribution in [0, 0.1) is 0 Å². The third kappa shape index (κ3) is 5.51. The second-order valence-corrected chi connectivity index (χ2v) is 5.55. The van der Waals surface area contributed by atoms with Gasteiger partial charge in [0.05, 0.1) is 13.7 Å². The molecule has 0 aliphatic heterocycles. The van der Waals surface area contributed by atoms with Gasteiger partial charge in [-0.25, -0.2) is 0 Å². The van der Waals surface area contributed by atoms with Crippen molar-refractivity contribution < 1.29 is 9.47 Å². The largest absolute Gasteiger partial charge is 0.497 e. The molecule has 1 N–H and O–H groups in total. The summed E-state index contributed by atoms with van der Waals surface area (Å²) in [7, 11) is 1.69. The summed E-state index contributed by atoms with van der Waals surface area (Å²) >= 11 is 0. The molecular weight excluding hydrogens is 250 g/mol. The van der Waals surface area contributed by atoms with E-state index in [1.807, 2.05) is 18.2 Å². The molecular formula is C17H27NO2. The van der Waals surface area contributed by atoms with Gasteiger partial charge in [-0.15, -0.1) is 0 Å². The maximum absolute atomic E-state index is 5.71. The quantitative estimate of drug-likeness (QED) is 0.737. The fraction of sp³-hybridized carbons (Fsp3) is 0.647. The van der Waals surface area contributed by atoms with Crippen molar-refractivity contribution in [2.75, 3.05) is 20.3 Å². The molecule has 0 radical (unpaired) electrons. The van der Waals surface area contributed by atoms with Crippen molar-refractivity contribution in [3.8, 4) is 5.75 Å². The summed E-state index contributed by atoms with van der Waals surface area (Å²) in [4.78, 5) is 0. The summed E-state index contributed by atoms with van der Waals surface area (Å²) in [5, 5.41) is 3.64. The minimum Gasteiger partial charge on any atom is -0.497 e. The fourth-order valence-corrected chi connectivity index (χ4v) is 2.74. The molecule has 0 aromatic heterocycles. The normalized spacial score (nSPS) is 16.2. The van der Waals surface area contributed by atoms with E-state index in [2.05, 4.69) is 11.4 Å². The highest BCUT2D eigenvalue weighted by Gasteiger charge is 2.11. The third-order valence-corrected chi connectivity index (χ3v) is 3.91. The first-order valence-corrected chi connectivity index (χ1v) is 7.82. The molecule has 1 fully saturated rings. The summed E-state index contributed by atoms with van der Waals surface area (Å²) < 4.78 is 10.9. The van der Waals surface area contributed by atoms with Crippen molar-refractivity contribution in [1.82, 2.24) is 5.32 Å². The smallest absolute Gasteiger partial charge is 0.119 e. The molecule has 2 rings (SSSR count). The van der Waals surface area contributed by atoms with Crippen LogP contribution in [0.3, 0.4) is 0 Å². The highest BCUT2D eigenvalue weighted by Crippen LogP contribution is 2.17. The summed E-state index contributed by atoms with van der Waals surface area (Å²) in [6.07, 6.45) is 7.99. The topological polar surface area (TPSA) is 30.5 Å². The summed E-state index contributed by atoms with van der Waals surface area (Å²) in [6.45, 7) is 2.56. The van der Waals surface area contributed by atoms with Gasteiger partial charge in [0.25, 0.3) is 0 Å². The first-order chi connectivity index (χ1) is 9.88. The van der Waals surface area contributed by atoms with Crippen LogP contribution in [-0.2, 0) is 11.3 Å². The molecule has 3 nitrogen and oxygen atoms in total. The number of nitrogens with one attached hydrogen (secondary N) is 1. The number of methoxy groups -OCH3 is 1. The van der Waals surface area contributed by atoms with Gasteiger partial charge < -0.3 is 14.8 Å². The van der Waals surface area contributed by atoms with Gasteiger partial charge in [-0.05, 0) is 43.5 Å². The molecule has 0 bridgehead atoms. The molecule has 3 heteroatoms. The van der Waals surface area contributed by atoms with Crippen LogP contribution in [0.2, 0.25) is 0 Å². The lowest BCUT2D eigenvalue weighted by Crippen LogP contribution is -2.32. The second kappa shape index (κ2) is 8.98. The Kier molecular flexibility index (Phi) is 6.89. The maximum Gasteiger partial charge on any atom is 0.119 e. The van der Waals surface area contributed by atoms with Gasteiger partial charge >= 0.3 is 0 Å². The molecule has 112 valence electrons. The molecule has 1 aromatic carbocycles. The van der Waals surface area contributed by atoms with E-state index < -0.39 is 0 Å². The van der Waals surface area contributed by atoms with E-state index in [-0.39, 0.29) is 0 Å². The Morgan fingerprint density at radius 3 is 2.85 bits per heavy atom. The van der Waals surface area contributed by atoms with Crippen molar-refractivity contribution in [1.29, 1.82) is 0 Å². The van der Waals surface area contributed by atoms with Crippen LogP contribution in [0.25, 0.3) is 0 Å². The molecule has 0 atom stereocenters. The van der Waals surface area contributed by atoms with E-state index in [1.165, 1.54) is 37.7 Å². The first-order valence-electron chi connectivity index (χ1n) is 7.82. The Labute approximate surface area is 122 Å². The predicted molar refractivity (Wildman–Crippen MR) is 82.1 cm³/mol. The highest BCUT2D eigenvalue weighted by molar-refractivity contribution is 5.27. The van der Waals surface area contributed by atoms with Crippen molar-refractivity contribution >= 4 is 0 Å². The van der Waals surface area contributed by atoms with Gasteiger partial charge in [0.1, 0.15) is 5.75 Å². The van der Waals surface area contributed by atoms with Gasteiger partial charge in [0.2, 0.25) is 0 Å². The molecule has 1 aliphatic carbocycles. The molecule has 1 aromatic rings. The van der Waals surface area contributed by atoms with Crippen LogP contribution < -0.4 is 10.1 Å². The summed E-state index contributed by atoms with van der Waals surface area (Å²) in [6, 6.07) is 8.81. The van der Waals surface area contributed by atoms with Crippen molar-refractivity contribution in [2.24, 2.45) is 0 Å². The molecule has 0 heterocycles. The number of benzene rings is 1. The molecule has 0 unspecified atom stereocenters. The van der Waals surface area contributed by atoms with E-state index in [1.54, 1.807) is 7.11 Å². The average Bonchev–Trinajstić information content (AvgIpc) is 2.52. The van der Waals surface area contributed by atoms with Crippen LogP contribution in [-0.4, -0.2) is 26.3 Å². The molecule has 1 aliphatic rings. The lowest BCUT2D eigenvalue weighted by atomic mass is 9.95. The van der Waals surface area contributed by atoms with E-state index in [0.717, 1.165) is 31.4 Å². The minimum absolute atomic E-state index is 0.667. The lowest BCUT2D eigenvalue weighted by Gasteiger charge is -2.22. The summed E-state index contributed by atoms with van der Waals surface area (Å²) in [5.41, 5.74) is 1.17. The maximum atomic E-state index is 5.71. The zero-order valence-electron chi connectivity index (χ0n) is 12.6. The van der Waals surface area contributed by atoms with Crippen LogP contribution in [0.1, 0.15) is 44.1 Å². The van der Waals surface area contributed by atoms with Gasteiger partial charge in [-0.1, -0.05) is 31.4 Å². The van der Waals surface area contributed by atoms with E-state index in [4.69, 9.17) is 9.47 Å². The first kappa shape index (κ1) is 15.3. The van der Waals surface area contributed by atoms with Gasteiger partial charge in [0, 0.05) is 12.6 Å². The predicted octanol–water partition coefficient (Wildman–Crippen LogP) is 3.52. The molecule has 0 amide bonds. The lowest BCUT2D eigenvalue weighted by molar-refractivity contribution is 0.117. The number of rotatable bonds is 8. The SMILES string of the molecule is COc1cccc(COCCCNC2CCCCC2)c1. The molecule has 1 saturated carbocycles. The zero-order valence-corrected chi connectivity index (χ0v) is 12.6. The Bertz CT molecular complexity index is 375. The molecule has 0 spiro atoms. The number of hydrogen-bond acceptors (Lipinski definition) is 3. The Balaban J connectivity index is 1.52. The number of ether oxygens (including phenoxy) is 2. The second-order valence-electron chi connectivity index (χ2n) is 5.55. The van der Waals surface area contributed by atoms with E-state index in [0.29, 0.717) is 6.61 Å². The third-order valence-electron chi connectivity index (χ3n) is 3.91. The Hall–Kier alpha value is -1.06. The number of hydrogen-bond donors (Lipinski definition) is 1. The van der Waals surface area contributed by atoms with Gasteiger partial charge in [-0.2, -0.15) is 0 Å². The monoisotopic (exact) mass is 277 g/mol.